The van der Waals surface area contributed by atoms with E-state index in [9.17, 15) is 4.79 Å². The normalized spacial score (nSPS) is 15.0. The van der Waals surface area contributed by atoms with E-state index in [0.717, 1.165) is 55.3 Å². The van der Waals surface area contributed by atoms with Crippen molar-refractivity contribution < 1.29 is 14.3 Å². The molecule has 1 unspecified atom stereocenters. The first-order valence-corrected chi connectivity index (χ1v) is 13.0. The van der Waals surface area contributed by atoms with Crippen LogP contribution in [0.15, 0.2) is 66.0 Å². The van der Waals surface area contributed by atoms with Gasteiger partial charge in [0.1, 0.15) is 11.5 Å². The third-order valence-corrected chi connectivity index (χ3v) is 7.50. The summed E-state index contributed by atoms with van der Waals surface area (Å²) in [6, 6.07) is 20.5. The second-order valence-electron chi connectivity index (χ2n) is 8.94. The molecule has 1 aromatic heterocycles. The van der Waals surface area contributed by atoms with Gasteiger partial charge < -0.3 is 19.3 Å². The molecule has 3 aromatic rings. The minimum absolute atomic E-state index is 0.109. The van der Waals surface area contributed by atoms with Crippen LogP contribution in [-0.2, 0) is 17.8 Å². The van der Waals surface area contributed by atoms with Crippen molar-refractivity contribution in [3.8, 4) is 11.5 Å². The maximum absolute atomic E-state index is 13.6. The van der Waals surface area contributed by atoms with Crippen molar-refractivity contribution in [3.63, 3.8) is 0 Å². The maximum atomic E-state index is 13.6. The highest BCUT2D eigenvalue weighted by Crippen LogP contribution is 2.28. The Balaban J connectivity index is 1.40. The molecule has 1 aliphatic rings. The van der Waals surface area contributed by atoms with Crippen LogP contribution in [0.3, 0.4) is 0 Å². The molecule has 1 fully saturated rings. The summed E-state index contributed by atoms with van der Waals surface area (Å²) in [6.07, 6.45) is 0.862. The van der Waals surface area contributed by atoms with E-state index in [0.29, 0.717) is 13.1 Å². The van der Waals surface area contributed by atoms with E-state index >= 15 is 0 Å². The van der Waals surface area contributed by atoms with Gasteiger partial charge in [-0.05, 0) is 48.2 Å². The smallest absolute Gasteiger partial charge is 0.237 e. The lowest BCUT2D eigenvalue weighted by Crippen LogP contribution is -2.51. The second kappa shape index (κ2) is 12.1. The minimum Gasteiger partial charge on any atom is -0.497 e. The molecule has 0 spiro atoms. The Morgan fingerprint density at radius 3 is 2.37 bits per heavy atom. The summed E-state index contributed by atoms with van der Waals surface area (Å²) in [6.45, 7) is 6.62. The molecule has 1 atom stereocenters. The van der Waals surface area contributed by atoms with Crippen molar-refractivity contribution in [2.24, 2.45) is 0 Å². The van der Waals surface area contributed by atoms with Gasteiger partial charge in [0, 0.05) is 50.1 Å². The molecule has 0 bridgehead atoms. The number of thiophene rings is 1. The Labute approximate surface area is 212 Å². The predicted molar refractivity (Wildman–Crippen MR) is 143 cm³/mol. The fourth-order valence-electron chi connectivity index (χ4n) is 4.57. The van der Waals surface area contributed by atoms with Crippen LogP contribution in [-0.4, -0.2) is 68.7 Å². The van der Waals surface area contributed by atoms with Crippen LogP contribution in [0, 0.1) is 0 Å². The summed E-state index contributed by atoms with van der Waals surface area (Å²) < 4.78 is 10.8. The summed E-state index contributed by atoms with van der Waals surface area (Å²) in [4.78, 5) is 21.5. The number of anilines is 1. The Morgan fingerprint density at radius 1 is 0.971 bits per heavy atom. The third kappa shape index (κ3) is 6.55. The molecular weight excluding hydrogens is 458 g/mol. The van der Waals surface area contributed by atoms with Crippen molar-refractivity contribution in [3.05, 3.63) is 76.5 Å². The van der Waals surface area contributed by atoms with Crippen molar-refractivity contribution in [2.45, 2.75) is 25.9 Å². The lowest BCUT2D eigenvalue weighted by atomic mass is 10.1. The molecule has 0 N–H and O–H groups in total. The Morgan fingerprint density at radius 2 is 1.71 bits per heavy atom. The summed E-state index contributed by atoms with van der Waals surface area (Å²) in [5.41, 5.74) is 2.23. The van der Waals surface area contributed by atoms with E-state index in [-0.39, 0.29) is 11.9 Å². The second-order valence-corrected chi connectivity index (χ2v) is 9.97. The van der Waals surface area contributed by atoms with Gasteiger partial charge in [-0.2, -0.15) is 0 Å². The highest BCUT2D eigenvalue weighted by molar-refractivity contribution is 7.09. The zero-order chi connectivity index (χ0) is 24.6. The highest BCUT2D eigenvalue weighted by atomic mass is 32.1. The number of hydrogen-bond acceptors (Lipinski definition) is 6. The molecule has 1 aliphatic heterocycles. The van der Waals surface area contributed by atoms with Crippen LogP contribution in [0.5, 0.6) is 11.5 Å². The molecule has 2 heterocycles. The number of para-hydroxylation sites is 2. The molecule has 186 valence electrons. The lowest BCUT2D eigenvalue weighted by molar-refractivity contribution is -0.135. The van der Waals surface area contributed by atoms with Crippen LogP contribution in [0.25, 0.3) is 0 Å². The Bertz CT molecular complexity index is 1060. The first-order chi connectivity index (χ1) is 17.1. The fourth-order valence-corrected chi connectivity index (χ4v) is 5.39. The zero-order valence-corrected chi connectivity index (χ0v) is 21.7. The van der Waals surface area contributed by atoms with Gasteiger partial charge >= 0.3 is 0 Å². The predicted octanol–water partition coefficient (Wildman–Crippen LogP) is 4.55. The molecule has 35 heavy (non-hydrogen) atoms. The number of piperazine rings is 1. The number of benzene rings is 2. The summed E-state index contributed by atoms with van der Waals surface area (Å²) >= 11 is 1.75. The zero-order valence-electron chi connectivity index (χ0n) is 20.9. The Hall–Kier alpha value is -3.03. The largest absolute Gasteiger partial charge is 0.497 e. The van der Waals surface area contributed by atoms with Crippen LogP contribution >= 0.6 is 11.3 Å². The van der Waals surface area contributed by atoms with Crippen LogP contribution < -0.4 is 14.4 Å². The molecule has 4 rings (SSSR count). The first-order valence-electron chi connectivity index (χ1n) is 12.1. The van der Waals surface area contributed by atoms with E-state index in [2.05, 4.69) is 40.3 Å². The Kier molecular flexibility index (Phi) is 8.66. The monoisotopic (exact) mass is 493 g/mol. The summed E-state index contributed by atoms with van der Waals surface area (Å²) in [5, 5.41) is 2.10. The van der Waals surface area contributed by atoms with E-state index in [1.54, 1.807) is 25.6 Å². The molecule has 0 radical (unpaired) electrons. The first kappa shape index (κ1) is 25.1. The van der Waals surface area contributed by atoms with Gasteiger partial charge in [-0.25, -0.2) is 0 Å². The molecule has 1 saturated heterocycles. The molecular formula is C28H35N3O3S. The number of methoxy groups -OCH3 is 2. The van der Waals surface area contributed by atoms with Crippen molar-refractivity contribution in [1.29, 1.82) is 0 Å². The molecule has 7 heteroatoms. The number of nitrogens with zero attached hydrogens (tertiary/aromatic N) is 3. The topological polar surface area (TPSA) is 45.2 Å². The van der Waals surface area contributed by atoms with Gasteiger partial charge in [-0.1, -0.05) is 30.3 Å². The number of ether oxygens (including phenoxy) is 2. The summed E-state index contributed by atoms with van der Waals surface area (Å²) in [7, 11) is 3.38. The average Bonchev–Trinajstić information content (AvgIpc) is 3.41. The maximum Gasteiger partial charge on any atom is 0.237 e. The molecule has 0 aliphatic carbocycles. The number of hydrogen-bond donors (Lipinski definition) is 0. The third-order valence-electron chi connectivity index (χ3n) is 6.60. The van der Waals surface area contributed by atoms with E-state index in [1.165, 1.54) is 4.88 Å². The van der Waals surface area contributed by atoms with Crippen LogP contribution in [0.4, 0.5) is 5.69 Å². The average molecular weight is 494 g/mol. The van der Waals surface area contributed by atoms with Gasteiger partial charge in [-0.15, -0.1) is 11.3 Å². The molecule has 2 aromatic carbocycles. The molecule has 6 nitrogen and oxygen atoms in total. The van der Waals surface area contributed by atoms with Crippen molar-refractivity contribution in [2.75, 3.05) is 51.8 Å². The van der Waals surface area contributed by atoms with Crippen LogP contribution in [0.2, 0.25) is 0 Å². The minimum atomic E-state index is 0.109. The number of carbonyl (C=O) groups excluding carboxylic acids is 1. The molecule has 1 amide bonds. The number of rotatable bonds is 10. The van der Waals surface area contributed by atoms with E-state index < -0.39 is 0 Å². The van der Waals surface area contributed by atoms with Gasteiger partial charge in [0.25, 0.3) is 0 Å². The lowest BCUT2D eigenvalue weighted by Gasteiger charge is -2.38. The SMILES string of the molecule is COc1ccc(CN(C(=O)CN2CCN(c3ccccc3OC)CC2)C(C)Cc2cccs2)cc1. The van der Waals surface area contributed by atoms with Gasteiger partial charge in [0.15, 0.2) is 0 Å². The fraction of sp³-hybridized carbons (Fsp3) is 0.393. The van der Waals surface area contributed by atoms with Crippen LogP contribution in [0.1, 0.15) is 17.4 Å². The highest BCUT2D eigenvalue weighted by Gasteiger charge is 2.26. The van der Waals surface area contributed by atoms with Crippen molar-refractivity contribution >= 4 is 22.9 Å². The van der Waals surface area contributed by atoms with Gasteiger partial charge in [0.05, 0.1) is 26.5 Å². The number of carbonyl (C=O) groups is 1. The number of amides is 1. The van der Waals surface area contributed by atoms with Gasteiger partial charge in [0.2, 0.25) is 5.91 Å². The van der Waals surface area contributed by atoms with Crippen molar-refractivity contribution in [1.82, 2.24) is 9.80 Å². The summed E-state index contributed by atoms with van der Waals surface area (Å²) in [5.74, 6) is 1.90. The molecule has 0 saturated carbocycles. The standard InChI is InChI=1S/C28H35N3O3S/c1-22(19-25-7-6-18-35-25)31(20-23-10-12-24(33-2)13-11-23)28(32)21-29-14-16-30(17-15-29)26-8-4-5-9-27(26)34-3/h4-13,18,22H,14-17,19-21H2,1-3H3. The van der Waals surface area contributed by atoms with E-state index in [1.807, 2.05) is 47.4 Å². The van der Waals surface area contributed by atoms with Gasteiger partial charge in [-0.3, -0.25) is 9.69 Å². The quantitative estimate of drug-likeness (QED) is 0.415. The van der Waals surface area contributed by atoms with E-state index in [4.69, 9.17) is 9.47 Å².